The van der Waals surface area contributed by atoms with Crippen LogP contribution in [0.5, 0.6) is 0 Å². The number of carbonyl (C=O) groups is 2. The predicted octanol–water partition coefficient (Wildman–Crippen LogP) is 1.30. The number of esters is 1. The Labute approximate surface area is 113 Å². The lowest BCUT2D eigenvalue weighted by Crippen LogP contribution is -2.36. The van der Waals surface area contributed by atoms with E-state index in [2.05, 4.69) is 11.2 Å². The first-order chi connectivity index (χ1) is 9.13. The Morgan fingerprint density at radius 2 is 2.05 bits per heavy atom. The Kier molecular flexibility index (Phi) is 6.17. The standard InChI is InChI=1S/C15H17NO3/c1-3-11-16-15(18)12(2)19-14(17)10-9-13-7-5-4-6-8-13/h1,4-8,12H,9-11H2,2H3,(H,16,18)/t12-/m0/s1. The van der Waals surface area contributed by atoms with Gasteiger partial charge in [0, 0.05) is 6.42 Å². The molecule has 0 saturated carbocycles. The third-order valence-electron chi connectivity index (χ3n) is 2.50. The number of benzene rings is 1. The summed E-state index contributed by atoms with van der Waals surface area (Å²) in [5.74, 6) is 1.50. The van der Waals surface area contributed by atoms with Crippen molar-refractivity contribution in [1.82, 2.24) is 5.32 Å². The van der Waals surface area contributed by atoms with Gasteiger partial charge in [0.15, 0.2) is 6.10 Å². The summed E-state index contributed by atoms with van der Waals surface area (Å²) in [6.45, 7) is 1.65. The summed E-state index contributed by atoms with van der Waals surface area (Å²) >= 11 is 0. The monoisotopic (exact) mass is 259 g/mol. The van der Waals surface area contributed by atoms with Crippen LogP contribution in [0, 0.1) is 12.3 Å². The van der Waals surface area contributed by atoms with E-state index < -0.39 is 12.1 Å². The summed E-state index contributed by atoms with van der Waals surface area (Å²) < 4.78 is 5.01. The molecule has 0 aliphatic rings. The van der Waals surface area contributed by atoms with Gasteiger partial charge in [0.05, 0.1) is 6.54 Å². The molecule has 1 aromatic carbocycles. The van der Waals surface area contributed by atoms with Crippen LogP contribution >= 0.6 is 0 Å². The van der Waals surface area contributed by atoms with Crippen molar-refractivity contribution in [2.24, 2.45) is 0 Å². The molecular weight excluding hydrogens is 242 g/mol. The highest BCUT2D eigenvalue weighted by Gasteiger charge is 2.16. The third kappa shape index (κ3) is 5.73. The molecule has 19 heavy (non-hydrogen) atoms. The van der Waals surface area contributed by atoms with Crippen LogP contribution < -0.4 is 5.32 Å². The number of ether oxygens (including phenoxy) is 1. The Balaban J connectivity index is 2.31. The quantitative estimate of drug-likeness (QED) is 0.619. The van der Waals surface area contributed by atoms with Crippen molar-refractivity contribution < 1.29 is 14.3 Å². The van der Waals surface area contributed by atoms with Crippen LogP contribution in [0.4, 0.5) is 0 Å². The zero-order valence-electron chi connectivity index (χ0n) is 10.9. The van der Waals surface area contributed by atoms with E-state index in [0.29, 0.717) is 6.42 Å². The van der Waals surface area contributed by atoms with Gasteiger partial charge in [0.25, 0.3) is 5.91 Å². The molecule has 0 unspecified atom stereocenters. The van der Waals surface area contributed by atoms with Gasteiger partial charge in [0.2, 0.25) is 0 Å². The summed E-state index contributed by atoms with van der Waals surface area (Å²) in [6.07, 6.45) is 5.04. The normalized spacial score (nSPS) is 11.2. The molecule has 0 saturated heterocycles. The molecule has 0 fully saturated rings. The number of terminal acetylenes is 1. The van der Waals surface area contributed by atoms with Gasteiger partial charge in [-0.15, -0.1) is 6.42 Å². The van der Waals surface area contributed by atoms with Crippen LogP contribution in [0.2, 0.25) is 0 Å². The first-order valence-electron chi connectivity index (χ1n) is 6.08. The van der Waals surface area contributed by atoms with E-state index in [1.54, 1.807) is 0 Å². The van der Waals surface area contributed by atoms with Crippen molar-refractivity contribution >= 4 is 11.9 Å². The van der Waals surface area contributed by atoms with E-state index >= 15 is 0 Å². The number of rotatable bonds is 6. The maximum absolute atomic E-state index is 11.6. The maximum Gasteiger partial charge on any atom is 0.306 e. The Morgan fingerprint density at radius 3 is 2.68 bits per heavy atom. The molecule has 0 radical (unpaired) electrons. The highest BCUT2D eigenvalue weighted by Crippen LogP contribution is 2.04. The first kappa shape index (κ1) is 14.8. The fourth-order valence-corrected chi connectivity index (χ4v) is 1.48. The smallest absolute Gasteiger partial charge is 0.306 e. The van der Waals surface area contributed by atoms with Crippen molar-refractivity contribution in [1.29, 1.82) is 0 Å². The molecule has 0 aliphatic carbocycles. The molecule has 0 aromatic heterocycles. The molecule has 1 aromatic rings. The van der Waals surface area contributed by atoms with Crippen molar-refractivity contribution in [3.05, 3.63) is 35.9 Å². The van der Waals surface area contributed by atoms with Crippen LogP contribution in [0.25, 0.3) is 0 Å². The summed E-state index contributed by atoms with van der Waals surface area (Å²) in [5, 5.41) is 2.46. The van der Waals surface area contributed by atoms with Gasteiger partial charge in [-0.2, -0.15) is 0 Å². The molecule has 0 aliphatic heterocycles. The molecule has 0 bridgehead atoms. The fraction of sp³-hybridized carbons (Fsp3) is 0.333. The Bertz CT molecular complexity index is 462. The van der Waals surface area contributed by atoms with Crippen molar-refractivity contribution in [2.75, 3.05) is 6.54 Å². The predicted molar refractivity (Wildman–Crippen MR) is 72.2 cm³/mol. The molecule has 0 heterocycles. The minimum atomic E-state index is -0.823. The van der Waals surface area contributed by atoms with Crippen LogP contribution in [-0.4, -0.2) is 24.5 Å². The number of amides is 1. The molecular formula is C15H17NO3. The molecule has 1 atom stereocenters. The number of hydrogen-bond donors (Lipinski definition) is 1. The van der Waals surface area contributed by atoms with Crippen LogP contribution in [0.1, 0.15) is 18.9 Å². The van der Waals surface area contributed by atoms with E-state index in [9.17, 15) is 9.59 Å². The van der Waals surface area contributed by atoms with E-state index in [1.807, 2.05) is 30.3 Å². The SMILES string of the molecule is C#CCNC(=O)[C@H](C)OC(=O)CCc1ccccc1. The number of nitrogens with one attached hydrogen (secondary N) is 1. The molecule has 4 heteroatoms. The maximum atomic E-state index is 11.6. The van der Waals surface area contributed by atoms with Crippen LogP contribution in [0.15, 0.2) is 30.3 Å². The average molecular weight is 259 g/mol. The molecule has 1 amide bonds. The van der Waals surface area contributed by atoms with Gasteiger partial charge >= 0.3 is 5.97 Å². The molecule has 1 N–H and O–H groups in total. The van der Waals surface area contributed by atoms with E-state index in [-0.39, 0.29) is 18.9 Å². The van der Waals surface area contributed by atoms with E-state index in [4.69, 9.17) is 11.2 Å². The molecule has 1 rings (SSSR count). The second-order valence-corrected chi connectivity index (χ2v) is 4.04. The lowest BCUT2D eigenvalue weighted by molar-refractivity contribution is -0.154. The largest absolute Gasteiger partial charge is 0.453 e. The first-order valence-corrected chi connectivity index (χ1v) is 6.08. The zero-order chi connectivity index (χ0) is 14.1. The number of hydrogen-bond acceptors (Lipinski definition) is 3. The summed E-state index contributed by atoms with van der Waals surface area (Å²) in [6, 6.07) is 9.62. The molecule has 4 nitrogen and oxygen atoms in total. The summed E-state index contributed by atoms with van der Waals surface area (Å²) in [7, 11) is 0. The zero-order valence-corrected chi connectivity index (χ0v) is 10.9. The minimum Gasteiger partial charge on any atom is -0.453 e. The van der Waals surface area contributed by atoms with Crippen molar-refractivity contribution in [3.8, 4) is 12.3 Å². The van der Waals surface area contributed by atoms with Gasteiger partial charge in [-0.25, -0.2) is 0 Å². The van der Waals surface area contributed by atoms with Gasteiger partial charge in [0.1, 0.15) is 0 Å². The second-order valence-electron chi connectivity index (χ2n) is 4.04. The number of aryl methyl sites for hydroxylation is 1. The highest BCUT2D eigenvalue weighted by atomic mass is 16.5. The molecule has 0 spiro atoms. The van der Waals surface area contributed by atoms with Crippen molar-refractivity contribution in [2.45, 2.75) is 25.9 Å². The summed E-state index contributed by atoms with van der Waals surface area (Å²) in [4.78, 5) is 23.0. The van der Waals surface area contributed by atoms with E-state index in [1.165, 1.54) is 6.92 Å². The minimum absolute atomic E-state index is 0.130. The van der Waals surface area contributed by atoms with Crippen LogP contribution in [0.3, 0.4) is 0 Å². The lowest BCUT2D eigenvalue weighted by atomic mass is 10.1. The third-order valence-corrected chi connectivity index (χ3v) is 2.50. The van der Waals surface area contributed by atoms with Crippen LogP contribution in [-0.2, 0) is 20.7 Å². The van der Waals surface area contributed by atoms with Gasteiger partial charge < -0.3 is 10.1 Å². The fourth-order valence-electron chi connectivity index (χ4n) is 1.48. The molecule has 100 valence electrons. The van der Waals surface area contributed by atoms with Gasteiger partial charge in [-0.1, -0.05) is 36.3 Å². The lowest BCUT2D eigenvalue weighted by Gasteiger charge is -2.12. The van der Waals surface area contributed by atoms with E-state index in [0.717, 1.165) is 5.56 Å². The second kappa shape index (κ2) is 7.93. The topological polar surface area (TPSA) is 55.4 Å². The number of carbonyl (C=O) groups excluding carboxylic acids is 2. The Morgan fingerprint density at radius 1 is 1.37 bits per heavy atom. The highest BCUT2D eigenvalue weighted by molar-refractivity contribution is 5.83. The van der Waals surface area contributed by atoms with Gasteiger partial charge in [-0.3, -0.25) is 9.59 Å². The summed E-state index contributed by atoms with van der Waals surface area (Å²) in [5.41, 5.74) is 1.06. The van der Waals surface area contributed by atoms with Gasteiger partial charge in [-0.05, 0) is 18.9 Å². The average Bonchev–Trinajstić information content (AvgIpc) is 2.43. The van der Waals surface area contributed by atoms with Crippen molar-refractivity contribution in [3.63, 3.8) is 0 Å². The Hall–Kier alpha value is -2.28.